The number of carbonyl (C=O) groups is 2. The van der Waals surface area contributed by atoms with Crippen molar-refractivity contribution in [3.05, 3.63) is 82.0 Å². The highest BCUT2D eigenvalue weighted by Crippen LogP contribution is 2.39. The Morgan fingerprint density at radius 1 is 0.970 bits per heavy atom. The molecular formula is C26H28N4O2S. The minimum atomic E-state index is -0.219. The minimum Gasteiger partial charge on any atom is -0.336 e. The summed E-state index contributed by atoms with van der Waals surface area (Å²) in [7, 11) is 0. The summed E-state index contributed by atoms with van der Waals surface area (Å²) in [5, 5.41) is 3.71. The predicted octanol–water partition coefficient (Wildman–Crippen LogP) is 4.23. The number of nitrogens with zero attached hydrogens (tertiary/aromatic N) is 3. The highest BCUT2D eigenvalue weighted by atomic mass is 32.1. The summed E-state index contributed by atoms with van der Waals surface area (Å²) in [6, 6.07) is 13.9. The number of thiophene rings is 1. The van der Waals surface area contributed by atoms with Crippen LogP contribution >= 0.6 is 11.3 Å². The summed E-state index contributed by atoms with van der Waals surface area (Å²) in [5.74, 6) is -0.168. The largest absolute Gasteiger partial charge is 0.336 e. The van der Waals surface area contributed by atoms with E-state index in [4.69, 9.17) is 0 Å². The third-order valence-corrected chi connectivity index (χ3v) is 7.65. The van der Waals surface area contributed by atoms with Crippen LogP contribution in [0.25, 0.3) is 0 Å². The number of fused-ring (bicyclic) bond motifs is 1. The third kappa shape index (κ3) is 4.84. The molecule has 0 atom stereocenters. The van der Waals surface area contributed by atoms with E-state index in [-0.39, 0.29) is 11.8 Å². The van der Waals surface area contributed by atoms with E-state index in [1.54, 1.807) is 35.9 Å². The number of nitrogens with one attached hydrogen (secondary N) is 1. The quantitative estimate of drug-likeness (QED) is 0.619. The molecule has 1 aliphatic carbocycles. The molecule has 0 bridgehead atoms. The van der Waals surface area contributed by atoms with E-state index < -0.39 is 0 Å². The molecule has 1 fully saturated rings. The fourth-order valence-electron chi connectivity index (χ4n) is 4.66. The van der Waals surface area contributed by atoms with E-state index in [0.717, 1.165) is 50.9 Å². The zero-order chi connectivity index (χ0) is 22.6. The van der Waals surface area contributed by atoms with Gasteiger partial charge in [0, 0.05) is 50.0 Å². The fraction of sp³-hybridized carbons (Fsp3) is 0.346. The molecule has 0 saturated carbocycles. The summed E-state index contributed by atoms with van der Waals surface area (Å²) in [4.78, 5) is 36.1. The molecule has 3 heterocycles. The summed E-state index contributed by atoms with van der Waals surface area (Å²) in [5.41, 5.74) is 3.65. The molecular weight excluding hydrogens is 432 g/mol. The van der Waals surface area contributed by atoms with Gasteiger partial charge in [0.05, 0.1) is 11.1 Å². The number of piperazine rings is 1. The van der Waals surface area contributed by atoms with Gasteiger partial charge in [-0.2, -0.15) is 0 Å². The number of aryl methyl sites for hydroxylation is 1. The Kier molecular flexibility index (Phi) is 6.51. The Bertz CT molecular complexity index is 1120. The molecule has 2 aliphatic rings. The number of hydrogen-bond acceptors (Lipinski definition) is 5. The number of amides is 2. The fourth-order valence-corrected chi connectivity index (χ4v) is 5.94. The maximum absolute atomic E-state index is 13.7. The second-order valence-corrected chi connectivity index (χ2v) is 9.77. The Hall–Kier alpha value is -3.03. The standard InChI is InChI=1S/C26H28N4O2S/c31-24(20-9-6-12-27-17-20)28-25-23(21-10-4-5-11-22(21)33-25)26(32)30-15-13-29(14-16-30)18-19-7-2-1-3-8-19/h1-3,6-9,12,17H,4-5,10-11,13-16,18H2,(H,28,31). The van der Waals surface area contributed by atoms with Gasteiger partial charge in [-0.3, -0.25) is 19.5 Å². The normalized spacial score (nSPS) is 16.3. The van der Waals surface area contributed by atoms with Crippen molar-refractivity contribution in [1.29, 1.82) is 0 Å². The van der Waals surface area contributed by atoms with Crippen LogP contribution in [-0.2, 0) is 19.4 Å². The lowest BCUT2D eigenvalue weighted by Crippen LogP contribution is -2.48. The van der Waals surface area contributed by atoms with Crippen LogP contribution < -0.4 is 5.32 Å². The van der Waals surface area contributed by atoms with Gasteiger partial charge in [0.2, 0.25) is 0 Å². The number of carbonyl (C=O) groups excluding carboxylic acids is 2. The number of aromatic nitrogens is 1. The topological polar surface area (TPSA) is 65.5 Å². The van der Waals surface area contributed by atoms with E-state index in [1.165, 1.54) is 10.4 Å². The molecule has 1 saturated heterocycles. The minimum absolute atomic E-state index is 0.0512. The number of rotatable bonds is 5. The van der Waals surface area contributed by atoms with Crippen molar-refractivity contribution < 1.29 is 9.59 Å². The van der Waals surface area contributed by atoms with Gasteiger partial charge in [-0.25, -0.2) is 0 Å². The van der Waals surface area contributed by atoms with E-state index in [0.29, 0.717) is 29.2 Å². The second-order valence-electron chi connectivity index (χ2n) is 8.66. The van der Waals surface area contributed by atoms with Crippen molar-refractivity contribution in [2.75, 3.05) is 31.5 Å². The van der Waals surface area contributed by atoms with Crippen LogP contribution in [-0.4, -0.2) is 52.8 Å². The number of pyridine rings is 1. The van der Waals surface area contributed by atoms with Crippen LogP contribution in [0.15, 0.2) is 54.9 Å². The van der Waals surface area contributed by atoms with Gasteiger partial charge >= 0.3 is 0 Å². The molecule has 0 spiro atoms. The Balaban J connectivity index is 1.32. The first kappa shape index (κ1) is 21.8. The number of benzene rings is 1. The summed E-state index contributed by atoms with van der Waals surface area (Å²) in [6.07, 6.45) is 7.31. The first-order valence-electron chi connectivity index (χ1n) is 11.6. The van der Waals surface area contributed by atoms with Gasteiger partial charge in [0.15, 0.2) is 0 Å². The summed E-state index contributed by atoms with van der Waals surface area (Å²) in [6.45, 7) is 4.01. The number of hydrogen-bond donors (Lipinski definition) is 1. The molecule has 170 valence electrons. The molecule has 0 unspecified atom stereocenters. The van der Waals surface area contributed by atoms with Crippen LogP contribution in [0.4, 0.5) is 5.00 Å². The molecule has 1 aliphatic heterocycles. The van der Waals surface area contributed by atoms with Gasteiger partial charge in [-0.1, -0.05) is 30.3 Å². The van der Waals surface area contributed by atoms with Crippen LogP contribution in [0.3, 0.4) is 0 Å². The highest BCUT2D eigenvalue weighted by Gasteiger charge is 2.31. The average molecular weight is 461 g/mol. The van der Waals surface area contributed by atoms with E-state index in [9.17, 15) is 9.59 Å². The molecule has 33 heavy (non-hydrogen) atoms. The zero-order valence-electron chi connectivity index (χ0n) is 18.6. The van der Waals surface area contributed by atoms with Crippen LogP contribution in [0, 0.1) is 0 Å². The van der Waals surface area contributed by atoms with Crippen LogP contribution in [0.2, 0.25) is 0 Å². The molecule has 5 rings (SSSR count). The predicted molar refractivity (Wildman–Crippen MR) is 131 cm³/mol. The van der Waals surface area contributed by atoms with Gasteiger partial charge in [0.1, 0.15) is 5.00 Å². The van der Waals surface area contributed by atoms with Crippen molar-refractivity contribution >= 4 is 28.2 Å². The number of anilines is 1. The lowest BCUT2D eigenvalue weighted by atomic mass is 9.95. The maximum Gasteiger partial charge on any atom is 0.257 e. The van der Waals surface area contributed by atoms with E-state index in [2.05, 4.69) is 39.5 Å². The highest BCUT2D eigenvalue weighted by molar-refractivity contribution is 7.17. The van der Waals surface area contributed by atoms with Crippen molar-refractivity contribution in [2.45, 2.75) is 32.2 Å². The summed E-state index contributed by atoms with van der Waals surface area (Å²) < 4.78 is 0. The van der Waals surface area contributed by atoms with Gasteiger partial charge in [0.25, 0.3) is 11.8 Å². The Labute approximate surface area is 198 Å². The average Bonchev–Trinajstić information content (AvgIpc) is 3.23. The van der Waals surface area contributed by atoms with Gasteiger partial charge in [-0.05, 0) is 48.9 Å². The second kappa shape index (κ2) is 9.85. The smallest absolute Gasteiger partial charge is 0.257 e. The molecule has 2 aromatic heterocycles. The Morgan fingerprint density at radius 3 is 2.52 bits per heavy atom. The molecule has 2 amide bonds. The van der Waals surface area contributed by atoms with Crippen molar-refractivity contribution in [2.24, 2.45) is 0 Å². The summed E-state index contributed by atoms with van der Waals surface area (Å²) >= 11 is 1.57. The van der Waals surface area contributed by atoms with E-state index >= 15 is 0 Å². The lowest BCUT2D eigenvalue weighted by molar-refractivity contribution is 0.0628. The Morgan fingerprint density at radius 2 is 1.76 bits per heavy atom. The maximum atomic E-state index is 13.7. The van der Waals surface area contributed by atoms with Crippen molar-refractivity contribution in [1.82, 2.24) is 14.8 Å². The molecule has 0 radical (unpaired) electrons. The molecule has 6 nitrogen and oxygen atoms in total. The van der Waals surface area contributed by atoms with Gasteiger partial charge < -0.3 is 10.2 Å². The van der Waals surface area contributed by atoms with Crippen LogP contribution in [0.1, 0.15) is 49.6 Å². The van der Waals surface area contributed by atoms with E-state index in [1.807, 2.05) is 11.0 Å². The van der Waals surface area contributed by atoms with Crippen molar-refractivity contribution in [3.63, 3.8) is 0 Å². The first-order chi connectivity index (χ1) is 16.2. The monoisotopic (exact) mass is 460 g/mol. The lowest BCUT2D eigenvalue weighted by Gasteiger charge is -2.35. The molecule has 1 N–H and O–H groups in total. The third-order valence-electron chi connectivity index (χ3n) is 6.44. The molecule has 3 aromatic rings. The first-order valence-corrected chi connectivity index (χ1v) is 12.4. The van der Waals surface area contributed by atoms with Gasteiger partial charge in [-0.15, -0.1) is 11.3 Å². The molecule has 1 aromatic carbocycles. The SMILES string of the molecule is O=C(Nc1sc2c(c1C(=O)N1CCN(Cc3ccccc3)CC1)CCCC2)c1cccnc1. The van der Waals surface area contributed by atoms with Crippen molar-refractivity contribution in [3.8, 4) is 0 Å². The molecule has 7 heteroatoms. The van der Waals surface area contributed by atoms with Crippen LogP contribution in [0.5, 0.6) is 0 Å². The zero-order valence-corrected chi connectivity index (χ0v) is 19.4.